The molecule has 6 heteroatoms. The Morgan fingerprint density at radius 1 is 1.30 bits per heavy atom. The maximum absolute atomic E-state index is 12.2. The summed E-state index contributed by atoms with van der Waals surface area (Å²) in [6, 6.07) is 6.75. The molecule has 1 aromatic heterocycles. The van der Waals surface area contributed by atoms with Gasteiger partial charge in [0, 0.05) is 16.9 Å². The third-order valence-corrected chi connectivity index (χ3v) is 4.47. The molecule has 1 fully saturated rings. The van der Waals surface area contributed by atoms with E-state index in [-0.39, 0.29) is 11.7 Å². The highest BCUT2D eigenvalue weighted by Gasteiger charge is 2.26. The van der Waals surface area contributed by atoms with Crippen LogP contribution in [-0.2, 0) is 4.79 Å². The SMILES string of the molecule is CC(=O)c1ccc(OC(C)C(=O)Nc2nc(C3CC3)cs2)cc1. The number of aromatic nitrogens is 1. The van der Waals surface area contributed by atoms with Crippen LogP contribution in [0.3, 0.4) is 0 Å². The molecular formula is C17H18N2O3S. The standard InChI is InChI=1S/C17H18N2O3S/c1-10(20)12-5-7-14(8-6-12)22-11(2)16(21)19-17-18-15(9-23-17)13-3-4-13/h5-9,11,13H,3-4H2,1-2H3,(H,18,19,21). The number of amides is 1. The van der Waals surface area contributed by atoms with Crippen LogP contribution in [0.5, 0.6) is 5.75 Å². The van der Waals surface area contributed by atoms with Gasteiger partial charge in [0.25, 0.3) is 5.91 Å². The lowest BCUT2D eigenvalue weighted by molar-refractivity contribution is -0.122. The Kier molecular flexibility index (Phi) is 4.43. The number of thiazole rings is 1. The van der Waals surface area contributed by atoms with E-state index in [1.165, 1.54) is 31.1 Å². The van der Waals surface area contributed by atoms with Crippen LogP contribution in [0.25, 0.3) is 0 Å². The van der Waals surface area contributed by atoms with Gasteiger partial charge in [-0.3, -0.25) is 14.9 Å². The van der Waals surface area contributed by atoms with E-state index in [0.717, 1.165) is 5.69 Å². The van der Waals surface area contributed by atoms with Gasteiger partial charge in [-0.05, 0) is 51.0 Å². The molecule has 0 spiro atoms. The van der Waals surface area contributed by atoms with Crippen LogP contribution in [0.4, 0.5) is 5.13 Å². The molecule has 5 nitrogen and oxygen atoms in total. The fourth-order valence-electron chi connectivity index (χ4n) is 2.14. The summed E-state index contributed by atoms with van der Waals surface area (Å²) in [6.07, 6.45) is 1.73. The van der Waals surface area contributed by atoms with Gasteiger partial charge in [-0.2, -0.15) is 0 Å². The van der Waals surface area contributed by atoms with Crippen molar-refractivity contribution in [2.45, 2.75) is 38.7 Å². The number of ketones is 1. The van der Waals surface area contributed by atoms with Gasteiger partial charge in [0.05, 0.1) is 5.69 Å². The van der Waals surface area contributed by atoms with E-state index >= 15 is 0 Å². The number of hydrogen-bond acceptors (Lipinski definition) is 5. The summed E-state index contributed by atoms with van der Waals surface area (Å²) < 4.78 is 5.60. The van der Waals surface area contributed by atoms with Crippen molar-refractivity contribution in [3.8, 4) is 5.75 Å². The minimum Gasteiger partial charge on any atom is -0.481 e. The van der Waals surface area contributed by atoms with Crippen molar-refractivity contribution in [3.05, 3.63) is 40.9 Å². The van der Waals surface area contributed by atoms with Crippen molar-refractivity contribution in [1.82, 2.24) is 4.98 Å². The third-order valence-electron chi connectivity index (χ3n) is 3.69. The maximum atomic E-state index is 12.2. The Labute approximate surface area is 138 Å². The maximum Gasteiger partial charge on any atom is 0.266 e. The summed E-state index contributed by atoms with van der Waals surface area (Å²) in [5.41, 5.74) is 1.68. The first-order valence-electron chi connectivity index (χ1n) is 7.57. The summed E-state index contributed by atoms with van der Waals surface area (Å²) in [6.45, 7) is 3.19. The van der Waals surface area contributed by atoms with E-state index in [9.17, 15) is 9.59 Å². The number of Topliss-reactive ketones (excluding diaryl/α,β-unsaturated/α-hetero) is 1. The Bertz CT molecular complexity index is 720. The number of ether oxygens (including phenoxy) is 1. The molecule has 1 N–H and O–H groups in total. The molecule has 23 heavy (non-hydrogen) atoms. The van der Waals surface area contributed by atoms with E-state index in [1.807, 2.05) is 5.38 Å². The molecule has 1 saturated carbocycles. The molecule has 0 bridgehead atoms. The molecule has 1 aromatic carbocycles. The molecule has 2 aromatic rings. The van der Waals surface area contributed by atoms with Gasteiger partial charge < -0.3 is 4.74 Å². The largest absolute Gasteiger partial charge is 0.481 e. The van der Waals surface area contributed by atoms with Crippen molar-refractivity contribution in [3.63, 3.8) is 0 Å². The molecule has 0 aliphatic heterocycles. The number of carbonyl (C=O) groups is 2. The predicted molar refractivity (Wildman–Crippen MR) is 89.3 cm³/mol. The van der Waals surface area contributed by atoms with Crippen LogP contribution in [0.2, 0.25) is 0 Å². The van der Waals surface area contributed by atoms with Crippen LogP contribution >= 0.6 is 11.3 Å². The van der Waals surface area contributed by atoms with Gasteiger partial charge in [0.15, 0.2) is 17.0 Å². The minimum atomic E-state index is -0.647. The Hall–Kier alpha value is -2.21. The lowest BCUT2D eigenvalue weighted by atomic mass is 10.1. The molecule has 0 radical (unpaired) electrons. The third kappa shape index (κ3) is 3.96. The zero-order chi connectivity index (χ0) is 16.4. The molecule has 1 unspecified atom stereocenters. The van der Waals surface area contributed by atoms with E-state index in [4.69, 9.17) is 4.74 Å². The summed E-state index contributed by atoms with van der Waals surface area (Å²) in [5.74, 6) is 0.885. The first-order valence-corrected chi connectivity index (χ1v) is 8.45. The van der Waals surface area contributed by atoms with Crippen molar-refractivity contribution in [2.24, 2.45) is 0 Å². The van der Waals surface area contributed by atoms with Gasteiger partial charge in [-0.1, -0.05) is 0 Å². The van der Waals surface area contributed by atoms with Gasteiger partial charge in [0.2, 0.25) is 0 Å². The van der Waals surface area contributed by atoms with E-state index in [1.54, 1.807) is 31.2 Å². The lowest BCUT2D eigenvalue weighted by Crippen LogP contribution is -2.30. The Morgan fingerprint density at radius 3 is 2.61 bits per heavy atom. The topological polar surface area (TPSA) is 68.3 Å². The highest BCUT2D eigenvalue weighted by Crippen LogP contribution is 2.40. The molecule has 1 heterocycles. The van der Waals surface area contributed by atoms with Crippen LogP contribution in [0.1, 0.15) is 48.7 Å². The molecule has 0 saturated heterocycles. The minimum absolute atomic E-state index is 0.00224. The number of rotatable bonds is 6. The second kappa shape index (κ2) is 6.50. The molecule has 1 aliphatic carbocycles. The summed E-state index contributed by atoms with van der Waals surface area (Å²) in [5, 5.41) is 5.39. The Morgan fingerprint density at radius 2 is 2.00 bits per heavy atom. The number of anilines is 1. The molecule has 1 amide bonds. The molecule has 1 aliphatic rings. The fourth-order valence-corrected chi connectivity index (χ4v) is 2.94. The zero-order valence-corrected chi connectivity index (χ0v) is 13.9. The first kappa shape index (κ1) is 15.7. The number of nitrogens with zero attached hydrogens (tertiary/aromatic N) is 1. The molecule has 1 atom stereocenters. The summed E-state index contributed by atoms with van der Waals surface area (Å²) in [7, 11) is 0. The van der Waals surface area contributed by atoms with E-state index in [2.05, 4.69) is 10.3 Å². The van der Waals surface area contributed by atoms with Gasteiger partial charge in [0.1, 0.15) is 5.75 Å². The number of benzene rings is 1. The molecular weight excluding hydrogens is 312 g/mol. The van der Waals surface area contributed by atoms with Gasteiger partial charge >= 0.3 is 0 Å². The number of hydrogen-bond donors (Lipinski definition) is 1. The quantitative estimate of drug-likeness (QED) is 0.821. The van der Waals surface area contributed by atoms with Crippen LogP contribution in [-0.4, -0.2) is 22.8 Å². The van der Waals surface area contributed by atoms with Crippen molar-refractivity contribution in [2.75, 3.05) is 5.32 Å². The average molecular weight is 330 g/mol. The zero-order valence-electron chi connectivity index (χ0n) is 13.0. The number of carbonyl (C=O) groups excluding carboxylic acids is 2. The van der Waals surface area contributed by atoms with Gasteiger partial charge in [-0.15, -0.1) is 11.3 Å². The normalized spacial score (nSPS) is 15.0. The van der Waals surface area contributed by atoms with Crippen molar-refractivity contribution >= 4 is 28.2 Å². The van der Waals surface area contributed by atoms with Crippen LogP contribution < -0.4 is 10.1 Å². The predicted octanol–water partition coefficient (Wildman–Crippen LogP) is 3.63. The molecule has 120 valence electrons. The van der Waals surface area contributed by atoms with Crippen LogP contribution in [0.15, 0.2) is 29.6 Å². The highest BCUT2D eigenvalue weighted by atomic mass is 32.1. The van der Waals surface area contributed by atoms with E-state index < -0.39 is 6.10 Å². The average Bonchev–Trinajstić information content (AvgIpc) is 3.28. The lowest BCUT2D eigenvalue weighted by Gasteiger charge is -2.13. The smallest absolute Gasteiger partial charge is 0.266 e. The summed E-state index contributed by atoms with van der Waals surface area (Å²) >= 11 is 1.44. The Balaban J connectivity index is 1.56. The second-order valence-corrected chi connectivity index (χ2v) is 6.54. The number of nitrogens with one attached hydrogen (secondary N) is 1. The van der Waals surface area contributed by atoms with E-state index in [0.29, 0.717) is 22.4 Å². The van der Waals surface area contributed by atoms with Crippen molar-refractivity contribution < 1.29 is 14.3 Å². The first-order chi connectivity index (χ1) is 11.0. The fraction of sp³-hybridized carbons (Fsp3) is 0.353. The van der Waals surface area contributed by atoms with Crippen molar-refractivity contribution in [1.29, 1.82) is 0 Å². The summed E-state index contributed by atoms with van der Waals surface area (Å²) in [4.78, 5) is 27.8. The van der Waals surface area contributed by atoms with Crippen LogP contribution in [0, 0.1) is 0 Å². The molecule has 3 rings (SSSR count). The second-order valence-electron chi connectivity index (χ2n) is 5.68. The van der Waals surface area contributed by atoms with Gasteiger partial charge in [-0.25, -0.2) is 4.98 Å². The monoisotopic (exact) mass is 330 g/mol. The highest BCUT2D eigenvalue weighted by molar-refractivity contribution is 7.13.